The average molecular weight is 244 g/mol. The molecule has 0 bridgehead atoms. The number of carbonyl (C=O) groups excluding carboxylic acids is 1. The summed E-state index contributed by atoms with van der Waals surface area (Å²) in [5.74, 6) is 0.0437. The molecule has 78 valence electrons. The molecule has 0 atom stereocenters. The molecule has 0 saturated heterocycles. The highest BCUT2D eigenvalue weighted by Crippen LogP contribution is 2.31. The fraction of sp³-hybridized carbons (Fsp3) is 0.200. The number of ketones is 1. The van der Waals surface area contributed by atoms with Crippen molar-refractivity contribution in [3.63, 3.8) is 0 Å². The van der Waals surface area contributed by atoms with Crippen LogP contribution in [-0.4, -0.2) is 12.9 Å². The fourth-order valence-electron chi connectivity index (χ4n) is 1.07. The Labute approximate surface area is 97.2 Å². The van der Waals surface area contributed by atoms with Crippen molar-refractivity contribution < 1.29 is 9.53 Å². The van der Waals surface area contributed by atoms with Gasteiger partial charge in [-0.25, -0.2) is 0 Å². The summed E-state index contributed by atoms with van der Waals surface area (Å²) in [5.41, 5.74) is 0.240. The summed E-state index contributed by atoms with van der Waals surface area (Å²) in [5, 5.41) is 8.91. The van der Waals surface area contributed by atoms with Crippen molar-refractivity contribution in [3.8, 4) is 11.8 Å². The van der Waals surface area contributed by atoms with Crippen molar-refractivity contribution in [3.05, 3.63) is 27.7 Å². The van der Waals surface area contributed by atoms with Crippen LogP contribution in [0.15, 0.2) is 12.1 Å². The lowest BCUT2D eigenvalue weighted by atomic mass is 10.1. The first-order valence-electron chi connectivity index (χ1n) is 4.03. The highest BCUT2D eigenvalue weighted by molar-refractivity contribution is 6.36. The number of hydrogen-bond donors (Lipinski definition) is 0. The molecule has 0 radical (unpaired) electrons. The Balaban J connectivity index is 3.17. The molecule has 0 unspecified atom stereocenters. The van der Waals surface area contributed by atoms with E-state index >= 15 is 0 Å². The number of rotatable bonds is 3. The quantitative estimate of drug-likeness (QED) is 0.767. The summed E-state index contributed by atoms with van der Waals surface area (Å²) in [6.07, 6.45) is -0.220. The minimum Gasteiger partial charge on any atom is -0.495 e. The molecular formula is C10H7Cl2NO2. The van der Waals surface area contributed by atoms with Crippen molar-refractivity contribution in [1.82, 2.24) is 0 Å². The predicted octanol–water partition coefficient (Wildman–Crippen LogP) is 3.10. The van der Waals surface area contributed by atoms with Crippen LogP contribution < -0.4 is 4.74 Å². The van der Waals surface area contributed by atoms with E-state index in [2.05, 4.69) is 0 Å². The Bertz CT molecular complexity index is 438. The summed E-state index contributed by atoms with van der Waals surface area (Å²) in [7, 11) is 1.45. The van der Waals surface area contributed by atoms with Crippen LogP contribution in [0.2, 0.25) is 10.0 Å². The lowest BCUT2D eigenvalue weighted by Gasteiger charge is -2.06. The maximum absolute atomic E-state index is 11.4. The maximum atomic E-state index is 11.4. The van der Waals surface area contributed by atoms with Crippen molar-refractivity contribution in [2.75, 3.05) is 7.11 Å². The highest BCUT2D eigenvalue weighted by atomic mass is 35.5. The number of nitrogens with zero attached hydrogens (tertiary/aromatic N) is 1. The summed E-state index contributed by atoms with van der Waals surface area (Å²) < 4.78 is 4.93. The summed E-state index contributed by atoms with van der Waals surface area (Å²) in [6, 6.07) is 4.62. The van der Waals surface area contributed by atoms with Crippen molar-refractivity contribution >= 4 is 29.0 Å². The van der Waals surface area contributed by atoms with Gasteiger partial charge in [0.2, 0.25) is 0 Å². The van der Waals surface area contributed by atoms with Gasteiger partial charge in [-0.15, -0.1) is 0 Å². The lowest BCUT2D eigenvalue weighted by molar-refractivity contribution is 0.0998. The molecule has 1 aromatic carbocycles. The molecule has 15 heavy (non-hydrogen) atoms. The number of Topliss-reactive ketones (excluding diaryl/α,β-unsaturated/α-hetero) is 1. The fourth-order valence-corrected chi connectivity index (χ4v) is 1.57. The van der Waals surface area contributed by atoms with Gasteiger partial charge in [-0.2, -0.15) is 5.26 Å². The molecule has 0 aliphatic carbocycles. The molecule has 0 aromatic heterocycles. The number of ether oxygens (including phenoxy) is 1. The largest absolute Gasteiger partial charge is 0.495 e. The Hall–Kier alpha value is -1.24. The number of benzene rings is 1. The number of carbonyl (C=O) groups is 1. The zero-order valence-corrected chi connectivity index (χ0v) is 9.39. The zero-order valence-electron chi connectivity index (χ0n) is 7.88. The van der Waals surface area contributed by atoms with Gasteiger partial charge in [0.15, 0.2) is 5.78 Å². The molecular weight excluding hydrogens is 237 g/mol. The minimum atomic E-state index is -0.355. The summed E-state index contributed by atoms with van der Waals surface area (Å²) >= 11 is 11.7. The Morgan fingerprint density at radius 2 is 2.13 bits per heavy atom. The Kier molecular flexibility index (Phi) is 3.96. The van der Waals surface area contributed by atoms with Crippen LogP contribution >= 0.6 is 23.2 Å². The van der Waals surface area contributed by atoms with Gasteiger partial charge in [-0.3, -0.25) is 4.79 Å². The Morgan fingerprint density at radius 3 is 2.67 bits per heavy atom. The van der Waals surface area contributed by atoms with Crippen LogP contribution in [0.25, 0.3) is 0 Å². The van der Waals surface area contributed by atoms with Gasteiger partial charge in [-0.05, 0) is 6.07 Å². The molecule has 1 aromatic rings. The molecule has 0 heterocycles. The maximum Gasteiger partial charge on any atom is 0.178 e. The van der Waals surface area contributed by atoms with E-state index in [1.165, 1.54) is 19.2 Å². The van der Waals surface area contributed by atoms with Crippen LogP contribution in [0.3, 0.4) is 0 Å². The standard InChI is InChI=1S/C10H7Cl2NO2/c1-15-10-5-7(11)6(4-8(10)12)9(14)2-3-13/h4-5H,2H2,1H3. The molecule has 0 N–H and O–H groups in total. The first kappa shape index (κ1) is 11.8. The van der Waals surface area contributed by atoms with E-state index in [4.69, 9.17) is 33.2 Å². The third kappa shape index (κ3) is 2.62. The average Bonchev–Trinajstić information content (AvgIpc) is 2.21. The molecule has 0 amide bonds. The normalized spacial score (nSPS) is 9.47. The topological polar surface area (TPSA) is 50.1 Å². The van der Waals surface area contributed by atoms with E-state index in [-0.39, 0.29) is 22.8 Å². The number of hydrogen-bond acceptors (Lipinski definition) is 3. The van der Waals surface area contributed by atoms with Crippen LogP contribution in [-0.2, 0) is 0 Å². The lowest BCUT2D eigenvalue weighted by Crippen LogP contribution is -1.99. The third-order valence-electron chi connectivity index (χ3n) is 1.78. The first-order chi connectivity index (χ1) is 7.10. The van der Waals surface area contributed by atoms with E-state index in [0.29, 0.717) is 10.8 Å². The molecule has 0 saturated carbocycles. The van der Waals surface area contributed by atoms with Gasteiger partial charge >= 0.3 is 0 Å². The molecule has 0 aliphatic rings. The van der Waals surface area contributed by atoms with Crippen molar-refractivity contribution in [2.45, 2.75) is 6.42 Å². The Morgan fingerprint density at radius 1 is 1.47 bits per heavy atom. The van der Waals surface area contributed by atoms with Gasteiger partial charge < -0.3 is 4.74 Å². The molecule has 0 aliphatic heterocycles. The number of nitriles is 1. The van der Waals surface area contributed by atoms with Crippen molar-refractivity contribution in [1.29, 1.82) is 5.26 Å². The first-order valence-corrected chi connectivity index (χ1v) is 4.79. The van der Waals surface area contributed by atoms with Gasteiger partial charge in [0, 0.05) is 11.6 Å². The molecule has 3 nitrogen and oxygen atoms in total. The van der Waals surface area contributed by atoms with E-state index in [9.17, 15) is 4.79 Å². The minimum absolute atomic E-state index is 0.220. The van der Waals surface area contributed by atoms with Crippen LogP contribution in [0.5, 0.6) is 5.75 Å². The highest BCUT2D eigenvalue weighted by Gasteiger charge is 2.13. The second-order valence-electron chi connectivity index (χ2n) is 2.72. The van der Waals surface area contributed by atoms with E-state index in [1.54, 1.807) is 6.07 Å². The van der Waals surface area contributed by atoms with Crippen LogP contribution in [0.1, 0.15) is 16.8 Å². The van der Waals surface area contributed by atoms with Gasteiger partial charge in [0.1, 0.15) is 5.75 Å². The smallest absolute Gasteiger partial charge is 0.178 e. The number of halogens is 2. The summed E-state index contributed by atoms with van der Waals surface area (Å²) in [6.45, 7) is 0. The van der Waals surface area contributed by atoms with Gasteiger partial charge in [0.05, 0.1) is 29.6 Å². The second kappa shape index (κ2) is 5.01. The molecule has 5 heteroatoms. The van der Waals surface area contributed by atoms with E-state index in [1.807, 2.05) is 0 Å². The number of methoxy groups -OCH3 is 1. The SMILES string of the molecule is COc1cc(Cl)c(C(=O)CC#N)cc1Cl. The van der Waals surface area contributed by atoms with Crippen LogP contribution in [0.4, 0.5) is 0 Å². The zero-order chi connectivity index (χ0) is 11.4. The van der Waals surface area contributed by atoms with Crippen LogP contribution in [0, 0.1) is 11.3 Å². The van der Waals surface area contributed by atoms with Gasteiger partial charge in [0.25, 0.3) is 0 Å². The molecule has 0 fully saturated rings. The van der Waals surface area contributed by atoms with Crippen molar-refractivity contribution in [2.24, 2.45) is 0 Å². The van der Waals surface area contributed by atoms with Gasteiger partial charge in [-0.1, -0.05) is 23.2 Å². The summed E-state index contributed by atoms with van der Waals surface area (Å²) in [4.78, 5) is 11.4. The third-order valence-corrected chi connectivity index (χ3v) is 2.39. The second-order valence-corrected chi connectivity index (χ2v) is 3.54. The molecule has 0 spiro atoms. The monoisotopic (exact) mass is 243 g/mol. The predicted molar refractivity (Wildman–Crippen MR) is 57.6 cm³/mol. The van der Waals surface area contributed by atoms with E-state index in [0.717, 1.165) is 0 Å². The molecule has 1 rings (SSSR count). The van der Waals surface area contributed by atoms with E-state index < -0.39 is 0 Å².